The highest BCUT2D eigenvalue weighted by atomic mass is 19.2. The Hall–Kier alpha value is -2.77. The normalized spacial score (nSPS) is 25.7. The Kier molecular flexibility index (Phi) is 6.81. The van der Waals surface area contributed by atoms with Crippen LogP contribution in [0, 0.1) is 35.3 Å². The highest BCUT2D eigenvalue weighted by Crippen LogP contribution is 2.37. The van der Waals surface area contributed by atoms with Crippen molar-refractivity contribution < 1.29 is 23.2 Å². The first-order chi connectivity index (χ1) is 15.8. The predicted molar refractivity (Wildman–Crippen MR) is 120 cm³/mol. The Balaban J connectivity index is 1.38. The van der Waals surface area contributed by atoms with Gasteiger partial charge in [-0.2, -0.15) is 0 Å². The number of carbonyl (C=O) groups excluding carboxylic acids is 3. The molecule has 1 aliphatic carbocycles. The average molecular weight is 460 g/mol. The van der Waals surface area contributed by atoms with Crippen molar-refractivity contribution in [1.29, 1.82) is 0 Å². The molecule has 2 fully saturated rings. The number of hydrogen-bond acceptors (Lipinski definition) is 4. The Morgan fingerprint density at radius 2 is 1.76 bits per heavy atom. The van der Waals surface area contributed by atoms with Crippen LogP contribution in [0.4, 0.5) is 14.5 Å². The summed E-state index contributed by atoms with van der Waals surface area (Å²) >= 11 is 0. The van der Waals surface area contributed by atoms with Crippen molar-refractivity contribution >= 4 is 23.4 Å². The molecule has 0 spiro atoms. The van der Waals surface area contributed by atoms with Crippen molar-refractivity contribution in [3.8, 4) is 0 Å². The Bertz CT molecular complexity index is 938. The molecule has 0 radical (unpaired) electrons. The second-order valence-corrected chi connectivity index (χ2v) is 9.79. The van der Waals surface area contributed by atoms with Gasteiger partial charge in [-0.15, -0.1) is 0 Å². The third-order valence-corrected chi connectivity index (χ3v) is 6.97. The van der Waals surface area contributed by atoms with Gasteiger partial charge in [-0.25, -0.2) is 8.78 Å². The number of carbonyl (C=O) groups is 3. The molecular weight excluding hydrogens is 428 g/mol. The standard InChI is InChI=1S/C25H31F2N3O3/c1-15(2)11-22(30-24(32)18-5-3-4-6-19(18)25(30)33)23(31)28-13-16-9-10-29(14-16)17-7-8-20(26)21(27)12-17/h3-4,7-8,12,15-16,18-19,22H,5-6,9-11,13-14H2,1-2H3,(H,28,31). The number of anilines is 1. The van der Waals surface area contributed by atoms with Gasteiger partial charge in [0.05, 0.1) is 11.8 Å². The summed E-state index contributed by atoms with van der Waals surface area (Å²) in [5.41, 5.74) is 0.616. The van der Waals surface area contributed by atoms with Crippen LogP contribution >= 0.6 is 0 Å². The SMILES string of the molecule is CC(C)CC(C(=O)NCC1CCN(c2ccc(F)c(F)c2)C1)N1C(=O)C2CC=CCC2C1=O. The molecule has 1 N–H and O–H groups in total. The Labute approximate surface area is 193 Å². The smallest absolute Gasteiger partial charge is 0.243 e. The first-order valence-electron chi connectivity index (χ1n) is 11.8. The van der Waals surface area contributed by atoms with E-state index in [1.54, 1.807) is 6.07 Å². The fraction of sp³-hybridized carbons (Fsp3) is 0.560. The van der Waals surface area contributed by atoms with Crippen molar-refractivity contribution in [2.24, 2.45) is 23.7 Å². The van der Waals surface area contributed by atoms with Gasteiger partial charge in [0.15, 0.2) is 11.6 Å². The number of halogens is 2. The van der Waals surface area contributed by atoms with Crippen LogP contribution in [0.1, 0.15) is 39.5 Å². The lowest BCUT2D eigenvalue weighted by Crippen LogP contribution is -2.51. The number of imide groups is 1. The van der Waals surface area contributed by atoms with Gasteiger partial charge >= 0.3 is 0 Å². The van der Waals surface area contributed by atoms with Gasteiger partial charge in [0, 0.05) is 31.4 Å². The lowest BCUT2D eigenvalue weighted by Gasteiger charge is -2.28. The minimum Gasteiger partial charge on any atom is -0.371 e. The highest BCUT2D eigenvalue weighted by molar-refractivity contribution is 6.08. The van der Waals surface area contributed by atoms with Crippen LogP contribution in [0.15, 0.2) is 30.4 Å². The zero-order chi connectivity index (χ0) is 23.7. The summed E-state index contributed by atoms with van der Waals surface area (Å²) < 4.78 is 26.8. The third-order valence-electron chi connectivity index (χ3n) is 6.97. The number of rotatable bonds is 7. The van der Waals surface area contributed by atoms with Crippen molar-refractivity contribution in [2.45, 2.75) is 45.6 Å². The number of nitrogens with zero attached hydrogens (tertiary/aromatic N) is 2. The van der Waals surface area contributed by atoms with Gasteiger partial charge in [-0.3, -0.25) is 19.3 Å². The molecule has 4 atom stereocenters. The summed E-state index contributed by atoms with van der Waals surface area (Å²) in [6, 6.07) is 3.05. The first kappa shape index (κ1) is 23.4. The Morgan fingerprint density at radius 1 is 1.09 bits per heavy atom. The van der Waals surface area contributed by atoms with E-state index in [-0.39, 0.29) is 41.4 Å². The van der Waals surface area contributed by atoms with Gasteiger partial charge in [0.2, 0.25) is 17.7 Å². The van der Waals surface area contributed by atoms with Crippen LogP contribution in [0.5, 0.6) is 0 Å². The summed E-state index contributed by atoms with van der Waals surface area (Å²) in [4.78, 5) is 42.4. The van der Waals surface area contributed by atoms with Crippen LogP contribution in [0.25, 0.3) is 0 Å². The highest BCUT2D eigenvalue weighted by Gasteiger charge is 2.51. The van der Waals surface area contributed by atoms with E-state index in [1.807, 2.05) is 30.9 Å². The molecule has 2 heterocycles. The van der Waals surface area contributed by atoms with Gasteiger partial charge in [0.25, 0.3) is 0 Å². The van der Waals surface area contributed by atoms with E-state index in [4.69, 9.17) is 0 Å². The number of benzene rings is 1. The second-order valence-electron chi connectivity index (χ2n) is 9.79. The van der Waals surface area contributed by atoms with Crippen LogP contribution in [0.3, 0.4) is 0 Å². The largest absolute Gasteiger partial charge is 0.371 e. The fourth-order valence-electron chi connectivity index (χ4n) is 5.19. The van der Waals surface area contributed by atoms with E-state index in [1.165, 1.54) is 11.0 Å². The molecule has 178 valence electrons. The van der Waals surface area contributed by atoms with Crippen molar-refractivity contribution in [3.05, 3.63) is 42.0 Å². The molecular formula is C25H31F2N3O3. The molecule has 0 aromatic heterocycles. The number of likely N-dealkylation sites (tertiary alicyclic amines) is 1. The maximum atomic E-state index is 13.6. The molecule has 3 amide bonds. The maximum Gasteiger partial charge on any atom is 0.243 e. The molecule has 0 saturated carbocycles. The molecule has 1 aromatic rings. The zero-order valence-corrected chi connectivity index (χ0v) is 19.1. The molecule has 2 aliphatic heterocycles. The lowest BCUT2D eigenvalue weighted by molar-refractivity contribution is -0.148. The van der Waals surface area contributed by atoms with Crippen LogP contribution < -0.4 is 10.2 Å². The molecule has 2 saturated heterocycles. The summed E-state index contributed by atoms with van der Waals surface area (Å²) in [6.45, 7) is 5.63. The minimum atomic E-state index is -0.878. The van der Waals surface area contributed by atoms with Gasteiger partial charge < -0.3 is 10.2 Å². The molecule has 6 nitrogen and oxygen atoms in total. The molecule has 1 aromatic carbocycles. The Morgan fingerprint density at radius 3 is 2.36 bits per heavy atom. The average Bonchev–Trinajstić information content (AvgIpc) is 3.36. The first-order valence-corrected chi connectivity index (χ1v) is 11.8. The van der Waals surface area contributed by atoms with E-state index < -0.39 is 17.7 Å². The number of amides is 3. The van der Waals surface area contributed by atoms with E-state index in [9.17, 15) is 23.2 Å². The number of fused-ring (bicyclic) bond motifs is 1. The van der Waals surface area contributed by atoms with Gasteiger partial charge in [-0.1, -0.05) is 26.0 Å². The summed E-state index contributed by atoms with van der Waals surface area (Å²) in [5.74, 6) is -2.97. The lowest BCUT2D eigenvalue weighted by atomic mass is 9.85. The van der Waals surface area contributed by atoms with E-state index in [0.717, 1.165) is 12.5 Å². The third kappa shape index (κ3) is 4.80. The van der Waals surface area contributed by atoms with Crippen LogP contribution in [-0.2, 0) is 14.4 Å². The van der Waals surface area contributed by atoms with Gasteiger partial charge in [-0.05, 0) is 49.7 Å². The van der Waals surface area contributed by atoms with Crippen LogP contribution in [-0.4, -0.2) is 48.3 Å². The second kappa shape index (κ2) is 9.61. The van der Waals surface area contributed by atoms with Crippen molar-refractivity contribution in [2.75, 3.05) is 24.5 Å². The zero-order valence-electron chi connectivity index (χ0n) is 19.1. The molecule has 0 bridgehead atoms. The van der Waals surface area contributed by atoms with Crippen LogP contribution in [0.2, 0.25) is 0 Å². The van der Waals surface area contributed by atoms with E-state index >= 15 is 0 Å². The molecule has 3 aliphatic rings. The predicted octanol–water partition coefficient (Wildman–Crippen LogP) is 3.27. The summed E-state index contributed by atoms with van der Waals surface area (Å²) in [5, 5.41) is 2.96. The number of nitrogens with one attached hydrogen (secondary N) is 1. The summed E-state index contributed by atoms with van der Waals surface area (Å²) in [7, 11) is 0. The molecule has 4 unspecified atom stereocenters. The minimum absolute atomic E-state index is 0.137. The molecule has 8 heteroatoms. The monoisotopic (exact) mass is 459 g/mol. The molecule has 4 rings (SSSR count). The van der Waals surface area contributed by atoms with E-state index in [2.05, 4.69) is 5.32 Å². The molecule has 33 heavy (non-hydrogen) atoms. The van der Waals surface area contributed by atoms with Gasteiger partial charge in [0.1, 0.15) is 6.04 Å². The summed E-state index contributed by atoms with van der Waals surface area (Å²) in [6.07, 6.45) is 6.18. The topological polar surface area (TPSA) is 69.7 Å². The number of allylic oxidation sites excluding steroid dienone is 2. The van der Waals surface area contributed by atoms with Crippen molar-refractivity contribution in [3.63, 3.8) is 0 Å². The van der Waals surface area contributed by atoms with Crippen molar-refractivity contribution in [1.82, 2.24) is 10.2 Å². The quantitative estimate of drug-likeness (QED) is 0.502. The number of hydrogen-bond donors (Lipinski definition) is 1. The van der Waals surface area contributed by atoms with E-state index in [0.29, 0.717) is 44.6 Å². The maximum absolute atomic E-state index is 13.6. The fourth-order valence-corrected chi connectivity index (χ4v) is 5.19.